The van der Waals surface area contributed by atoms with E-state index in [4.69, 9.17) is 11.2 Å². The third-order valence-electron chi connectivity index (χ3n) is 1.38. The first kappa shape index (κ1) is 6.38. The highest BCUT2D eigenvalue weighted by Crippen LogP contribution is 2.62. The monoisotopic (exact) mass is 150 g/mol. The molecule has 1 aliphatic heterocycles. The minimum atomic E-state index is -2.30. The van der Waals surface area contributed by atoms with Gasteiger partial charge in [-0.25, -0.2) is 0 Å². The molecule has 1 nitrogen and oxygen atoms in total. The normalized spacial score (nSPS) is 37.5. The Bertz CT molecular complexity index is 173. The Morgan fingerprint density at radius 3 is 2.62 bits per heavy atom. The van der Waals surface area contributed by atoms with Crippen LogP contribution in [0.25, 0.3) is 0 Å². The smallest absolute Gasteiger partial charge is 0.193 e. The van der Waals surface area contributed by atoms with Crippen LogP contribution in [0.4, 0.5) is 0 Å². The molecular formula is C5H8ClOP. The summed E-state index contributed by atoms with van der Waals surface area (Å²) in [6.45, 7) is -0.467. The van der Waals surface area contributed by atoms with Crippen LogP contribution >= 0.6 is 17.7 Å². The molecule has 0 radical (unpaired) electrons. The minimum Gasteiger partial charge on any atom is -0.302 e. The Hall–Kier alpha value is 0.260. The summed E-state index contributed by atoms with van der Waals surface area (Å²) < 4.78 is 11.0. The van der Waals surface area contributed by atoms with Gasteiger partial charge in [-0.05, 0) is 29.9 Å². The van der Waals surface area contributed by atoms with Crippen LogP contribution in [-0.4, -0.2) is 6.16 Å². The predicted molar refractivity (Wildman–Crippen MR) is 36.7 cm³/mol. The third-order valence-corrected chi connectivity index (χ3v) is 4.76. The molecular weight excluding hydrogens is 142 g/mol. The first-order valence-corrected chi connectivity index (χ1v) is 5.39. The van der Waals surface area contributed by atoms with E-state index >= 15 is 0 Å². The number of hydrogen-bond acceptors (Lipinski definition) is 1. The van der Waals surface area contributed by atoms with Crippen LogP contribution in [0.15, 0.2) is 11.4 Å². The maximum atomic E-state index is 11.0. The molecule has 0 aromatic carbocycles. The van der Waals surface area contributed by atoms with Crippen LogP contribution < -0.4 is 0 Å². The third kappa shape index (κ3) is 0.985. The lowest BCUT2D eigenvalue weighted by Gasteiger charge is -1.99. The average Bonchev–Trinajstić information content (AvgIpc) is 1.86. The van der Waals surface area contributed by atoms with Gasteiger partial charge in [0.25, 0.3) is 0 Å². The first-order valence-electron chi connectivity index (χ1n) is 2.59. The van der Waals surface area contributed by atoms with E-state index in [0.717, 1.165) is 11.7 Å². The zero-order valence-electron chi connectivity index (χ0n) is 4.72. The average molecular weight is 151 g/mol. The summed E-state index contributed by atoms with van der Waals surface area (Å²) in [6, 6.07) is 0. The molecule has 46 valence electrons. The zero-order chi connectivity index (χ0) is 6.20. The minimum absolute atomic E-state index is 0.667. The summed E-state index contributed by atoms with van der Waals surface area (Å²) >= 11 is 5.61. The summed E-state index contributed by atoms with van der Waals surface area (Å²) in [6.07, 6.45) is 3.51. The Morgan fingerprint density at radius 1 is 1.88 bits per heavy atom. The Labute approximate surface area is 53.9 Å². The molecule has 1 rings (SSSR count). The number of rotatable bonds is 0. The molecule has 1 aliphatic rings. The standard InChI is InChI=1S/C5H8ClOP/c1-5-3-2-4-8(5,6)7/h3H,2,4H2,1H3. The van der Waals surface area contributed by atoms with E-state index in [1.807, 2.05) is 13.0 Å². The number of halogens is 1. The molecule has 0 bridgehead atoms. The summed E-state index contributed by atoms with van der Waals surface area (Å²) in [5, 5.41) is 0.888. The van der Waals surface area contributed by atoms with Crippen molar-refractivity contribution in [3.05, 3.63) is 11.4 Å². The highest BCUT2D eigenvalue weighted by atomic mass is 35.7. The summed E-state index contributed by atoms with van der Waals surface area (Å²) in [5.41, 5.74) is 0. The van der Waals surface area contributed by atoms with E-state index in [0.29, 0.717) is 6.16 Å². The molecule has 3 heteroatoms. The van der Waals surface area contributed by atoms with Gasteiger partial charge in [-0.2, -0.15) is 0 Å². The Balaban J connectivity index is 2.90. The molecule has 8 heavy (non-hydrogen) atoms. The lowest BCUT2D eigenvalue weighted by atomic mass is 10.4. The van der Waals surface area contributed by atoms with Crippen molar-refractivity contribution < 1.29 is 4.57 Å². The highest BCUT2D eigenvalue weighted by Gasteiger charge is 2.24. The van der Waals surface area contributed by atoms with Gasteiger partial charge in [0.1, 0.15) is 0 Å². The molecule has 1 heterocycles. The molecule has 0 aromatic rings. The molecule has 0 amide bonds. The molecule has 0 saturated carbocycles. The fraction of sp³-hybridized carbons (Fsp3) is 0.600. The van der Waals surface area contributed by atoms with Gasteiger partial charge < -0.3 is 4.57 Å². The van der Waals surface area contributed by atoms with Crippen molar-refractivity contribution in [1.29, 1.82) is 0 Å². The number of allylic oxidation sites excluding steroid dienone is 2. The predicted octanol–water partition coefficient (Wildman–Crippen LogP) is 2.81. The van der Waals surface area contributed by atoms with Crippen molar-refractivity contribution in [3.63, 3.8) is 0 Å². The van der Waals surface area contributed by atoms with Crippen molar-refractivity contribution in [2.75, 3.05) is 6.16 Å². The van der Waals surface area contributed by atoms with E-state index in [2.05, 4.69) is 0 Å². The van der Waals surface area contributed by atoms with Crippen LogP contribution in [0.3, 0.4) is 0 Å². The van der Waals surface area contributed by atoms with Crippen molar-refractivity contribution in [2.24, 2.45) is 0 Å². The van der Waals surface area contributed by atoms with E-state index in [9.17, 15) is 4.57 Å². The Morgan fingerprint density at radius 2 is 2.50 bits per heavy atom. The molecule has 0 saturated heterocycles. The van der Waals surface area contributed by atoms with Crippen LogP contribution in [-0.2, 0) is 4.57 Å². The fourth-order valence-electron chi connectivity index (χ4n) is 0.752. The summed E-state index contributed by atoms with van der Waals surface area (Å²) in [4.78, 5) is 0. The van der Waals surface area contributed by atoms with Crippen molar-refractivity contribution in [2.45, 2.75) is 13.3 Å². The molecule has 0 fully saturated rings. The van der Waals surface area contributed by atoms with Crippen LogP contribution in [0.1, 0.15) is 13.3 Å². The topological polar surface area (TPSA) is 17.1 Å². The van der Waals surface area contributed by atoms with E-state index in [1.54, 1.807) is 0 Å². The lowest BCUT2D eigenvalue weighted by molar-refractivity contribution is 0.589. The number of hydrogen-bond donors (Lipinski definition) is 0. The molecule has 0 aromatic heterocycles. The van der Waals surface area contributed by atoms with E-state index in [-0.39, 0.29) is 0 Å². The summed E-state index contributed by atoms with van der Waals surface area (Å²) in [7, 11) is 0. The maximum Gasteiger partial charge on any atom is 0.193 e. The van der Waals surface area contributed by atoms with Crippen molar-refractivity contribution >= 4 is 17.7 Å². The van der Waals surface area contributed by atoms with Gasteiger partial charge in [0, 0.05) is 6.16 Å². The van der Waals surface area contributed by atoms with Crippen molar-refractivity contribution in [1.82, 2.24) is 0 Å². The highest BCUT2D eigenvalue weighted by molar-refractivity contribution is 7.92. The molecule has 0 aliphatic carbocycles. The second-order valence-corrected chi connectivity index (χ2v) is 6.10. The van der Waals surface area contributed by atoms with Crippen LogP contribution in [0.2, 0.25) is 0 Å². The fourth-order valence-corrected chi connectivity index (χ4v) is 2.47. The second-order valence-electron chi connectivity index (χ2n) is 2.01. The van der Waals surface area contributed by atoms with Gasteiger partial charge >= 0.3 is 0 Å². The molecule has 0 N–H and O–H groups in total. The zero-order valence-corrected chi connectivity index (χ0v) is 6.38. The van der Waals surface area contributed by atoms with Gasteiger partial charge in [0.2, 0.25) is 0 Å². The van der Waals surface area contributed by atoms with Gasteiger partial charge in [0.05, 0.1) is 0 Å². The van der Waals surface area contributed by atoms with Gasteiger partial charge in [-0.15, -0.1) is 0 Å². The van der Waals surface area contributed by atoms with Crippen LogP contribution in [0, 0.1) is 0 Å². The quantitative estimate of drug-likeness (QED) is 0.486. The summed E-state index contributed by atoms with van der Waals surface area (Å²) in [5.74, 6) is 0. The maximum absolute atomic E-state index is 11.0. The largest absolute Gasteiger partial charge is 0.302 e. The SMILES string of the molecule is CC1=CCCP1(=O)Cl. The van der Waals surface area contributed by atoms with E-state index < -0.39 is 6.49 Å². The Kier molecular flexibility index (Phi) is 1.51. The second kappa shape index (κ2) is 1.89. The molecule has 0 spiro atoms. The van der Waals surface area contributed by atoms with Gasteiger partial charge in [-0.1, -0.05) is 6.08 Å². The molecule has 1 unspecified atom stereocenters. The lowest BCUT2D eigenvalue weighted by Crippen LogP contribution is -1.69. The van der Waals surface area contributed by atoms with Crippen LogP contribution in [0.5, 0.6) is 0 Å². The van der Waals surface area contributed by atoms with Gasteiger partial charge in [0.15, 0.2) is 6.49 Å². The van der Waals surface area contributed by atoms with Gasteiger partial charge in [-0.3, -0.25) is 0 Å². The molecule has 1 atom stereocenters. The first-order chi connectivity index (χ1) is 3.63. The van der Waals surface area contributed by atoms with E-state index in [1.165, 1.54) is 0 Å². The van der Waals surface area contributed by atoms with Crippen molar-refractivity contribution in [3.8, 4) is 0 Å².